The molecule has 0 aliphatic carbocycles. The third kappa shape index (κ3) is 6.08. The molecule has 1 amide bonds. The van der Waals surface area contributed by atoms with Gasteiger partial charge in [0, 0.05) is 10.9 Å². The number of hydrogen-bond acceptors (Lipinski definition) is 2. The van der Waals surface area contributed by atoms with Crippen molar-refractivity contribution in [3.05, 3.63) is 46.2 Å². The Morgan fingerprint density at radius 3 is 2.81 bits per heavy atom. The number of benzene rings is 1. The van der Waals surface area contributed by atoms with Crippen LogP contribution in [-0.2, 0) is 16.0 Å². The zero-order valence-corrected chi connectivity index (χ0v) is 13.2. The van der Waals surface area contributed by atoms with E-state index in [4.69, 9.17) is 5.11 Å². The lowest BCUT2D eigenvalue weighted by Gasteiger charge is -2.13. The average molecular weight is 358 g/mol. The Morgan fingerprint density at radius 1 is 1.48 bits per heavy atom. The number of aliphatic carboxylic acids is 1. The lowest BCUT2D eigenvalue weighted by molar-refractivity contribution is -0.141. The number of carboxylic acid groups (broad SMARTS) is 1. The zero-order valence-electron chi connectivity index (χ0n) is 11.6. The molecule has 0 aliphatic heterocycles. The number of allylic oxidation sites excluding steroid dienone is 1. The van der Waals surface area contributed by atoms with Crippen molar-refractivity contribution in [1.82, 2.24) is 5.32 Å². The number of carbonyl (C=O) groups excluding carboxylic acids is 1. The maximum absolute atomic E-state index is 13.1. The molecule has 114 valence electrons. The number of rotatable bonds is 7. The highest BCUT2D eigenvalue weighted by atomic mass is 79.9. The monoisotopic (exact) mass is 357 g/mol. The van der Waals surface area contributed by atoms with E-state index in [2.05, 4.69) is 21.2 Å². The molecular formula is C15H17BrFNO3. The van der Waals surface area contributed by atoms with Crippen molar-refractivity contribution in [2.75, 3.05) is 0 Å². The molecule has 0 saturated heterocycles. The summed E-state index contributed by atoms with van der Waals surface area (Å²) in [7, 11) is 0. The fourth-order valence-corrected chi connectivity index (χ4v) is 2.19. The van der Waals surface area contributed by atoms with Crippen LogP contribution in [-0.4, -0.2) is 23.0 Å². The fourth-order valence-electron chi connectivity index (χ4n) is 1.74. The lowest BCUT2D eigenvalue weighted by Crippen LogP contribution is -2.40. The van der Waals surface area contributed by atoms with Crippen LogP contribution in [0.2, 0.25) is 0 Å². The van der Waals surface area contributed by atoms with Crippen LogP contribution in [0.3, 0.4) is 0 Å². The van der Waals surface area contributed by atoms with Crippen LogP contribution < -0.4 is 5.32 Å². The first kappa shape index (κ1) is 17.4. The summed E-state index contributed by atoms with van der Waals surface area (Å²) in [6.45, 7) is 1.78. The molecular weight excluding hydrogens is 341 g/mol. The van der Waals surface area contributed by atoms with Gasteiger partial charge in [-0.05, 0) is 43.5 Å². The number of carbonyl (C=O) groups is 2. The van der Waals surface area contributed by atoms with Crippen molar-refractivity contribution in [2.45, 2.75) is 32.2 Å². The molecule has 1 unspecified atom stereocenters. The van der Waals surface area contributed by atoms with Gasteiger partial charge in [0.15, 0.2) is 0 Å². The van der Waals surface area contributed by atoms with Crippen molar-refractivity contribution in [1.29, 1.82) is 0 Å². The molecule has 0 aromatic heterocycles. The first-order valence-electron chi connectivity index (χ1n) is 6.51. The highest BCUT2D eigenvalue weighted by Crippen LogP contribution is 2.19. The van der Waals surface area contributed by atoms with Crippen LogP contribution in [0.15, 0.2) is 34.8 Å². The quantitative estimate of drug-likeness (QED) is 0.737. The van der Waals surface area contributed by atoms with Crippen LogP contribution in [0.1, 0.15) is 25.3 Å². The molecule has 1 atom stereocenters. The molecule has 0 saturated carbocycles. The molecule has 0 heterocycles. The van der Waals surface area contributed by atoms with Gasteiger partial charge in [-0.25, -0.2) is 9.18 Å². The van der Waals surface area contributed by atoms with E-state index in [1.165, 1.54) is 12.1 Å². The topological polar surface area (TPSA) is 66.4 Å². The van der Waals surface area contributed by atoms with Gasteiger partial charge in [0.05, 0.1) is 0 Å². The van der Waals surface area contributed by atoms with Gasteiger partial charge >= 0.3 is 5.97 Å². The van der Waals surface area contributed by atoms with Crippen molar-refractivity contribution >= 4 is 27.8 Å². The molecule has 6 heteroatoms. The Bertz CT molecular complexity index is 546. The number of amides is 1. The normalized spacial score (nSPS) is 12.3. The highest BCUT2D eigenvalue weighted by Gasteiger charge is 2.18. The number of aryl methyl sites for hydroxylation is 1. The van der Waals surface area contributed by atoms with Crippen LogP contribution >= 0.6 is 15.9 Å². The second-order valence-electron chi connectivity index (χ2n) is 4.50. The third-order valence-electron chi connectivity index (χ3n) is 2.87. The molecule has 0 radical (unpaired) electrons. The van der Waals surface area contributed by atoms with Gasteiger partial charge in [0.2, 0.25) is 5.91 Å². The van der Waals surface area contributed by atoms with E-state index < -0.39 is 12.0 Å². The first-order chi connectivity index (χ1) is 9.93. The summed E-state index contributed by atoms with van der Waals surface area (Å²) in [5.74, 6) is -1.82. The van der Waals surface area contributed by atoms with E-state index in [1.54, 1.807) is 25.1 Å². The van der Waals surface area contributed by atoms with Gasteiger partial charge in [-0.1, -0.05) is 28.1 Å². The van der Waals surface area contributed by atoms with Gasteiger partial charge in [0.1, 0.15) is 11.9 Å². The lowest BCUT2D eigenvalue weighted by atomic mass is 10.1. The molecule has 0 aliphatic rings. The van der Waals surface area contributed by atoms with Crippen molar-refractivity contribution in [3.63, 3.8) is 0 Å². The van der Waals surface area contributed by atoms with Crippen LogP contribution in [0.5, 0.6) is 0 Å². The van der Waals surface area contributed by atoms with E-state index >= 15 is 0 Å². The van der Waals surface area contributed by atoms with Gasteiger partial charge < -0.3 is 10.4 Å². The largest absolute Gasteiger partial charge is 0.480 e. The van der Waals surface area contributed by atoms with E-state index in [0.29, 0.717) is 12.0 Å². The molecule has 0 spiro atoms. The Labute approximate surface area is 131 Å². The smallest absolute Gasteiger partial charge is 0.326 e. The molecule has 21 heavy (non-hydrogen) atoms. The summed E-state index contributed by atoms with van der Waals surface area (Å²) in [4.78, 5) is 22.8. The number of carboxylic acids is 1. The molecule has 0 bridgehead atoms. The van der Waals surface area contributed by atoms with Crippen molar-refractivity contribution in [3.8, 4) is 0 Å². The minimum Gasteiger partial charge on any atom is -0.480 e. The fraction of sp³-hybridized carbons (Fsp3) is 0.333. The molecule has 4 nitrogen and oxygen atoms in total. The van der Waals surface area contributed by atoms with Crippen molar-refractivity contribution in [2.24, 2.45) is 0 Å². The van der Waals surface area contributed by atoms with Crippen LogP contribution in [0.25, 0.3) is 0 Å². The van der Waals surface area contributed by atoms with Gasteiger partial charge in [-0.15, -0.1) is 0 Å². The van der Waals surface area contributed by atoms with E-state index in [-0.39, 0.29) is 24.6 Å². The van der Waals surface area contributed by atoms with E-state index in [1.807, 2.05) is 0 Å². The second-order valence-corrected chi connectivity index (χ2v) is 5.35. The summed E-state index contributed by atoms with van der Waals surface area (Å²) < 4.78 is 13.8. The van der Waals surface area contributed by atoms with Crippen LogP contribution in [0.4, 0.5) is 4.39 Å². The van der Waals surface area contributed by atoms with E-state index in [0.717, 1.165) is 4.47 Å². The number of hydrogen-bond donors (Lipinski definition) is 2. The van der Waals surface area contributed by atoms with Crippen LogP contribution in [0, 0.1) is 5.82 Å². The molecule has 1 aromatic carbocycles. The van der Waals surface area contributed by atoms with Gasteiger partial charge in [0.25, 0.3) is 0 Å². The summed E-state index contributed by atoms with van der Waals surface area (Å²) in [5, 5.41) is 11.5. The predicted molar refractivity (Wildman–Crippen MR) is 81.4 cm³/mol. The molecule has 2 N–H and O–H groups in total. The zero-order chi connectivity index (χ0) is 15.8. The van der Waals surface area contributed by atoms with Gasteiger partial charge in [-0.3, -0.25) is 4.79 Å². The molecule has 1 aromatic rings. The summed E-state index contributed by atoms with van der Waals surface area (Å²) >= 11 is 3.29. The minimum absolute atomic E-state index is 0.0989. The Kier molecular flexibility index (Phi) is 7.08. The molecule has 0 fully saturated rings. The number of halogens is 2. The number of nitrogens with one attached hydrogen (secondary N) is 1. The Balaban J connectivity index is 2.56. The summed E-state index contributed by atoms with van der Waals surface area (Å²) in [5.41, 5.74) is 0.672. The minimum atomic E-state index is -1.08. The third-order valence-corrected chi connectivity index (χ3v) is 3.64. The Morgan fingerprint density at radius 2 is 2.19 bits per heavy atom. The maximum atomic E-state index is 13.1. The van der Waals surface area contributed by atoms with Gasteiger partial charge in [-0.2, -0.15) is 0 Å². The average Bonchev–Trinajstić information content (AvgIpc) is 2.44. The predicted octanol–water partition coefficient (Wildman–Crippen LogP) is 3.06. The SMILES string of the molecule is C/C=C/CC(NC(=O)CCc1cc(F)ccc1Br)C(=O)O. The van der Waals surface area contributed by atoms with E-state index in [9.17, 15) is 14.0 Å². The standard InChI is InChI=1S/C15H17BrFNO3/c1-2-3-4-13(15(20)21)18-14(19)8-5-10-9-11(17)6-7-12(10)16/h2-3,6-7,9,13H,4-5,8H2,1H3,(H,18,19)(H,20,21)/b3-2+. The summed E-state index contributed by atoms with van der Waals surface area (Å²) in [6, 6.07) is 3.32. The van der Waals surface area contributed by atoms with Crippen molar-refractivity contribution < 1.29 is 19.1 Å². The Hall–Kier alpha value is -1.69. The highest BCUT2D eigenvalue weighted by molar-refractivity contribution is 9.10. The summed E-state index contributed by atoms with van der Waals surface area (Å²) in [6.07, 6.45) is 4.08. The first-order valence-corrected chi connectivity index (χ1v) is 7.30. The molecule has 1 rings (SSSR count). The second kappa shape index (κ2) is 8.56. The maximum Gasteiger partial charge on any atom is 0.326 e.